The lowest BCUT2D eigenvalue weighted by Gasteiger charge is -2.16. The fourth-order valence-corrected chi connectivity index (χ4v) is 3.25. The summed E-state index contributed by atoms with van der Waals surface area (Å²) in [6, 6.07) is 17.9. The fraction of sp³-hybridized carbons (Fsp3) is 0.250. The summed E-state index contributed by atoms with van der Waals surface area (Å²) in [7, 11) is 0. The molecule has 0 saturated heterocycles. The molecule has 2 aromatic carbocycles. The van der Waals surface area contributed by atoms with Gasteiger partial charge in [0.15, 0.2) is 11.6 Å². The predicted octanol–water partition coefficient (Wildman–Crippen LogP) is 3.74. The molecule has 3 rings (SSSR count). The van der Waals surface area contributed by atoms with Gasteiger partial charge >= 0.3 is 0 Å². The molecular weight excluding hydrogens is 288 g/mol. The summed E-state index contributed by atoms with van der Waals surface area (Å²) < 4.78 is 0. The first-order valence-electron chi connectivity index (χ1n) is 7.87. The van der Waals surface area contributed by atoms with Crippen LogP contribution in [-0.4, -0.2) is 17.3 Å². The van der Waals surface area contributed by atoms with Crippen LogP contribution in [0, 0.1) is 11.8 Å². The Morgan fingerprint density at radius 3 is 2.04 bits per heavy atom. The van der Waals surface area contributed by atoms with Gasteiger partial charge in [-0.05, 0) is 12.3 Å². The topological polar surface area (TPSA) is 51.2 Å². The molecule has 0 aromatic heterocycles. The summed E-state index contributed by atoms with van der Waals surface area (Å²) in [5.41, 5.74) is 1.18. The number of carbonyl (C=O) groups is 3. The average Bonchev–Trinajstić information content (AvgIpc) is 2.96. The summed E-state index contributed by atoms with van der Waals surface area (Å²) in [6.45, 7) is 0. The third-order valence-electron chi connectivity index (χ3n) is 4.46. The van der Waals surface area contributed by atoms with Crippen LogP contribution in [0.15, 0.2) is 60.7 Å². The Hall–Kier alpha value is -2.55. The van der Waals surface area contributed by atoms with Gasteiger partial charge < -0.3 is 0 Å². The molecule has 0 spiro atoms. The molecule has 2 aromatic rings. The Balaban J connectivity index is 1.78. The van der Waals surface area contributed by atoms with Crippen LogP contribution in [0.5, 0.6) is 0 Å². The average molecular weight is 306 g/mol. The Labute approximate surface area is 135 Å². The van der Waals surface area contributed by atoms with Crippen molar-refractivity contribution in [3.05, 3.63) is 71.8 Å². The quantitative estimate of drug-likeness (QED) is 0.624. The van der Waals surface area contributed by atoms with Crippen molar-refractivity contribution in [2.24, 2.45) is 11.8 Å². The Bertz CT molecular complexity index is 719. The lowest BCUT2D eigenvalue weighted by Crippen LogP contribution is -2.26. The minimum absolute atomic E-state index is 0.00355. The van der Waals surface area contributed by atoms with E-state index in [2.05, 4.69) is 0 Å². The number of Topliss-reactive ketones (excluding diaryl/α,β-unsaturated/α-hetero) is 3. The molecule has 0 radical (unpaired) electrons. The predicted molar refractivity (Wildman–Crippen MR) is 87.4 cm³/mol. The van der Waals surface area contributed by atoms with E-state index in [1.807, 2.05) is 24.3 Å². The molecule has 1 fully saturated rings. The molecule has 0 amide bonds. The zero-order chi connectivity index (χ0) is 16.2. The summed E-state index contributed by atoms with van der Waals surface area (Å²) >= 11 is 0. The smallest absolute Gasteiger partial charge is 0.173 e. The first-order valence-corrected chi connectivity index (χ1v) is 7.87. The van der Waals surface area contributed by atoms with Crippen molar-refractivity contribution in [3.8, 4) is 0 Å². The molecule has 0 aliphatic heterocycles. The molecular formula is C20H18O3. The van der Waals surface area contributed by atoms with Gasteiger partial charge in [-0.15, -0.1) is 0 Å². The molecule has 0 unspecified atom stereocenters. The third-order valence-corrected chi connectivity index (χ3v) is 4.46. The van der Waals surface area contributed by atoms with E-state index in [1.165, 1.54) is 0 Å². The van der Waals surface area contributed by atoms with E-state index in [4.69, 9.17) is 0 Å². The van der Waals surface area contributed by atoms with Crippen LogP contribution >= 0.6 is 0 Å². The number of hydrogen-bond acceptors (Lipinski definition) is 3. The van der Waals surface area contributed by atoms with Gasteiger partial charge in [-0.1, -0.05) is 60.7 Å². The molecule has 3 nitrogen and oxygen atoms in total. The highest BCUT2D eigenvalue weighted by molar-refractivity contribution is 6.12. The van der Waals surface area contributed by atoms with Crippen LogP contribution in [0.1, 0.15) is 40.0 Å². The molecule has 1 aliphatic carbocycles. The van der Waals surface area contributed by atoms with Gasteiger partial charge in [0, 0.05) is 24.0 Å². The van der Waals surface area contributed by atoms with Gasteiger partial charge in [-0.3, -0.25) is 14.4 Å². The molecule has 3 heteroatoms. The zero-order valence-corrected chi connectivity index (χ0v) is 12.8. The van der Waals surface area contributed by atoms with Crippen LogP contribution in [-0.2, 0) is 4.79 Å². The standard InChI is InChI=1S/C20H18O3/c21-17-12-11-16(13-18(22)14-7-3-1-4-8-14)19(17)20(23)15-9-5-2-6-10-15/h1-10,16,19H,11-13H2/t16-,19+/m1/s1. The Morgan fingerprint density at radius 1 is 0.870 bits per heavy atom. The second-order valence-corrected chi connectivity index (χ2v) is 5.97. The van der Waals surface area contributed by atoms with E-state index in [0.29, 0.717) is 24.0 Å². The van der Waals surface area contributed by atoms with Crippen LogP contribution in [0.2, 0.25) is 0 Å². The van der Waals surface area contributed by atoms with Gasteiger partial charge in [0.25, 0.3) is 0 Å². The van der Waals surface area contributed by atoms with Gasteiger partial charge in [0.2, 0.25) is 0 Å². The maximum atomic E-state index is 12.7. The minimum atomic E-state index is -0.676. The zero-order valence-electron chi connectivity index (χ0n) is 12.8. The third kappa shape index (κ3) is 3.29. The van der Waals surface area contributed by atoms with Crippen molar-refractivity contribution in [3.63, 3.8) is 0 Å². The van der Waals surface area contributed by atoms with E-state index in [1.54, 1.807) is 36.4 Å². The molecule has 116 valence electrons. The molecule has 2 atom stereocenters. The monoisotopic (exact) mass is 306 g/mol. The van der Waals surface area contributed by atoms with Gasteiger partial charge in [0.05, 0.1) is 5.92 Å². The van der Waals surface area contributed by atoms with Crippen molar-refractivity contribution < 1.29 is 14.4 Å². The number of ketones is 3. The first-order chi connectivity index (χ1) is 11.2. The number of benzene rings is 2. The van der Waals surface area contributed by atoms with E-state index >= 15 is 0 Å². The highest BCUT2D eigenvalue weighted by Gasteiger charge is 2.40. The van der Waals surface area contributed by atoms with Crippen molar-refractivity contribution in [2.45, 2.75) is 19.3 Å². The van der Waals surface area contributed by atoms with E-state index in [9.17, 15) is 14.4 Å². The second kappa shape index (κ2) is 6.69. The molecule has 1 saturated carbocycles. The molecule has 0 bridgehead atoms. The number of carbonyl (C=O) groups excluding carboxylic acids is 3. The second-order valence-electron chi connectivity index (χ2n) is 5.97. The van der Waals surface area contributed by atoms with Crippen molar-refractivity contribution in [2.75, 3.05) is 0 Å². The van der Waals surface area contributed by atoms with E-state index in [-0.39, 0.29) is 29.7 Å². The highest BCUT2D eigenvalue weighted by atomic mass is 16.2. The van der Waals surface area contributed by atoms with Crippen LogP contribution < -0.4 is 0 Å². The van der Waals surface area contributed by atoms with Crippen molar-refractivity contribution in [1.82, 2.24) is 0 Å². The molecule has 0 heterocycles. The first kappa shape index (κ1) is 15.3. The maximum Gasteiger partial charge on any atom is 0.173 e. The van der Waals surface area contributed by atoms with Crippen LogP contribution in [0.4, 0.5) is 0 Å². The molecule has 23 heavy (non-hydrogen) atoms. The summed E-state index contributed by atoms with van der Waals surface area (Å²) in [6.07, 6.45) is 1.25. The van der Waals surface area contributed by atoms with Gasteiger partial charge in [0.1, 0.15) is 5.78 Å². The lowest BCUT2D eigenvalue weighted by molar-refractivity contribution is -0.119. The Morgan fingerprint density at radius 2 is 1.43 bits per heavy atom. The van der Waals surface area contributed by atoms with Crippen LogP contribution in [0.25, 0.3) is 0 Å². The normalized spacial score (nSPS) is 20.4. The summed E-state index contributed by atoms with van der Waals surface area (Å²) in [5, 5.41) is 0. The number of hydrogen-bond donors (Lipinski definition) is 0. The van der Waals surface area contributed by atoms with Crippen molar-refractivity contribution in [1.29, 1.82) is 0 Å². The SMILES string of the molecule is O=C(C[C@H]1CCC(=O)[C@H]1C(=O)c1ccccc1)c1ccccc1. The largest absolute Gasteiger partial charge is 0.299 e. The van der Waals surface area contributed by atoms with Crippen molar-refractivity contribution >= 4 is 17.3 Å². The summed E-state index contributed by atoms with van der Waals surface area (Å²) in [5.74, 6) is -1.06. The lowest BCUT2D eigenvalue weighted by atomic mass is 9.84. The van der Waals surface area contributed by atoms with Gasteiger partial charge in [-0.2, -0.15) is 0 Å². The molecule has 1 aliphatic rings. The Kier molecular flexibility index (Phi) is 4.47. The maximum absolute atomic E-state index is 12.7. The minimum Gasteiger partial charge on any atom is -0.299 e. The van der Waals surface area contributed by atoms with Gasteiger partial charge in [-0.25, -0.2) is 0 Å². The molecule has 0 N–H and O–H groups in total. The number of rotatable bonds is 5. The van der Waals surface area contributed by atoms with E-state index < -0.39 is 5.92 Å². The summed E-state index contributed by atoms with van der Waals surface area (Å²) in [4.78, 5) is 37.2. The fourth-order valence-electron chi connectivity index (χ4n) is 3.25. The van der Waals surface area contributed by atoms with E-state index in [0.717, 1.165) is 0 Å². The highest BCUT2D eigenvalue weighted by Crippen LogP contribution is 2.34. The van der Waals surface area contributed by atoms with Crippen LogP contribution in [0.3, 0.4) is 0 Å².